The number of nitrogens with one attached hydrogen (secondary N) is 1. The molecule has 0 unspecified atom stereocenters. The van der Waals surface area contributed by atoms with Crippen molar-refractivity contribution >= 4 is 27.5 Å². The minimum atomic E-state index is -0.404. The highest BCUT2D eigenvalue weighted by Gasteiger charge is 2.13. The molecule has 0 radical (unpaired) electrons. The predicted octanol–water partition coefficient (Wildman–Crippen LogP) is 2.32. The molecular weight excluding hydrogens is 326 g/mol. The Labute approximate surface area is 142 Å². The van der Waals surface area contributed by atoms with E-state index in [-0.39, 0.29) is 18.7 Å². The van der Waals surface area contributed by atoms with E-state index in [1.54, 1.807) is 0 Å². The Bertz CT molecular complexity index is 931. The molecule has 3 rings (SSSR count). The Morgan fingerprint density at radius 3 is 2.79 bits per heavy atom. The molecule has 0 spiro atoms. The van der Waals surface area contributed by atoms with Gasteiger partial charge in [0.1, 0.15) is 11.4 Å². The molecule has 7 heteroatoms. The van der Waals surface area contributed by atoms with E-state index in [0.29, 0.717) is 10.2 Å². The maximum absolute atomic E-state index is 12.5. The zero-order valence-electron chi connectivity index (χ0n) is 13.4. The molecule has 3 aromatic rings. The van der Waals surface area contributed by atoms with Gasteiger partial charge >= 0.3 is 0 Å². The van der Waals surface area contributed by atoms with E-state index < -0.39 is 5.91 Å². The number of carbonyl (C=O) groups is 1. The fraction of sp³-hybridized carbons (Fsp3) is 0.235. The SMILES string of the molecule is Cc1sc2ncn(CC(=O)NOCc3ccccc3)c(=O)c2c1C. The van der Waals surface area contributed by atoms with Gasteiger partial charge in [-0.2, -0.15) is 0 Å². The third-order valence-corrected chi connectivity index (χ3v) is 4.85. The maximum Gasteiger partial charge on any atom is 0.263 e. The minimum absolute atomic E-state index is 0.134. The first-order valence-electron chi connectivity index (χ1n) is 7.46. The molecule has 1 amide bonds. The molecular formula is C17H17N3O3S. The average Bonchev–Trinajstić information content (AvgIpc) is 2.86. The number of nitrogens with zero attached hydrogens (tertiary/aromatic N) is 2. The maximum atomic E-state index is 12.5. The number of fused-ring (bicyclic) bond motifs is 1. The van der Waals surface area contributed by atoms with Crippen molar-refractivity contribution in [1.29, 1.82) is 0 Å². The number of aryl methyl sites for hydroxylation is 2. The Balaban J connectivity index is 1.66. The lowest BCUT2D eigenvalue weighted by molar-refractivity contribution is -0.135. The normalized spacial score (nSPS) is 10.9. The van der Waals surface area contributed by atoms with Crippen molar-refractivity contribution < 1.29 is 9.63 Å². The Hall–Kier alpha value is -2.51. The standard InChI is InChI=1S/C17H17N3O3S/c1-11-12(2)24-16-15(11)17(22)20(10-18-16)8-14(21)19-23-9-13-6-4-3-5-7-13/h3-7,10H,8-9H2,1-2H3,(H,19,21). The summed E-state index contributed by atoms with van der Waals surface area (Å²) in [6.07, 6.45) is 1.40. The van der Waals surface area contributed by atoms with Crippen molar-refractivity contribution in [3.8, 4) is 0 Å². The molecule has 0 saturated carbocycles. The van der Waals surface area contributed by atoms with E-state index in [2.05, 4.69) is 10.5 Å². The van der Waals surface area contributed by atoms with Crippen LogP contribution in [0, 0.1) is 13.8 Å². The van der Waals surface area contributed by atoms with Gasteiger partial charge in [-0.15, -0.1) is 11.3 Å². The second-order valence-corrected chi connectivity index (χ2v) is 6.64. The number of amides is 1. The van der Waals surface area contributed by atoms with Gasteiger partial charge in [-0.1, -0.05) is 30.3 Å². The smallest absolute Gasteiger partial charge is 0.263 e. The van der Waals surface area contributed by atoms with Crippen LogP contribution in [0.3, 0.4) is 0 Å². The highest BCUT2D eigenvalue weighted by Crippen LogP contribution is 2.25. The summed E-state index contributed by atoms with van der Waals surface area (Å²) in [5.74, 6) is -0.404. The van der Waals surface area contributed by atoms with Crippen molar-refractivity contribution in [2.45, 2.75) is 27.0 Å². The van der Waals surface area contributed by atoms with Gasteiger partial charge in [0.25, 0.3) is 11.5 Å². The van der Waals surface area contributed by atoms with Crippen LogP contribution in [0.2, 0.25) is 0 Å². The largest absolute Gasteiger partial charge is 0.289 e. The monoisotopic (exact) mass is 343 g/mol. The number of hydrogen-bond donors (Lipinski definition) is 1. The quantitative estimate of drug-likeness (QED) is 0.722. The second kappa shape index (κ2) is 6.94. The summed E-state index contributed by atoms with van der Waals surface area (Å²) in [6, 6.07) is 9.50. The fourth-order valence-corrected chi connectivity index (χ4v) is 3.33. The molecule has 0 aliphatic rings. The summed E-state index contributed by atoms with van der Waals surface area (Å²) in [7, 11) is 0. The molecule has 124 valence electrons. The first kappa shape index (κ1) is 16.4. The van der Waals surface area contributed by atoms with Crippen LogP contribution < -0.4 is 11.0 Å². The highest BCUT2D eigenvalue weighted by molar-refractivity contribution is 7.18. The molecule has 6 nitrogen and oxygen atoms in total. The van der Waals surface area contributed by atoms with Crippen LogP contribution in [0.5, 0.6) is 0 Å². The molecule has 2 heterocycles. The topological polar surface area (TPSA) is 73.2 Å². The third-order valence-electron chi connectivity index (χ3n) is 3.74. The van der Waals surface area contributed by atoms with Crippen molar-refractivity contribution in [1.82, 2.24) is 15.0 Å². The van der Waals surface area contributed by atoms with Crippen LogP contribution in [0.4, 0.5) is 0 Å². The molecule has 1 N–H and O–H groups in total. The molecule has 0 aliphatic carbocycles. The number of carbonyl (C=O) groups excluding carboxylic acids is 1. The Kier molecular flexibility index (Phi) is 4.73. The number of rotatable bonds is 5. The van der Waals surface area contributed by atoms with E-state index in [1.807, 2.05) is 44.2 Å². The van der Waals surface area contributed by atoms with Gasteiger partial charge in [-0.3, -0.25) is 19.0 Å². The summed E-state index contributed by atoms with van der Waals surface area (Å²) in [6.45, 7) is 3.98. The lowest BCUT2D eigenvalue weighted by atomic mass is 10.2. The van der Waals surface area contributed by atoms with Gasteiger partial charge in [0.2, 0.25) is 0 Å². The lowest BCUT2D eigenvalue weighted by Gasteiger charge is -2.07. The highest BCUT2D eigenvalue weighted by atomic mass is 32.1. The fourth-order valence-electron chi connectivity index (χ4n) is 2.34. The van der Waals surface area contributed by atoms with Crippen LogP contribution in [-0.4, -0.2) is 15.5 Å². The van der Waals surface area contributed by atoms with E-state index in [0.717, 1.165) is 16.0 Å². The zero-order valence-corrected chi connectivity index (χ0v) is 14.2. The van der Waals surface area contributed by atoms with Gasteiger partial charge < -0.3 is 0 Å². The second-order valence-electron chi connectivity index (χ2n) is 5.44. The van der Waals surface area contributed by atoms with Crippen molar-refractivity contribution in [3.05, 3.63) is 63.0 Å². The van der Waals surface area contributed by atoms with Crippen LogP contribution >= 0.6 is 11.3 Å². The zero-order chi connectivity index (χ0) is 17.1. The van der Waals surface area contributed by atoms with Gasteiger partial charge in [-0.05, 0) is 25.0 Å². The molecule has 0 atom stereocenters. The lowest BCUT2D eigenvalue weighted by Crippen LogP contribution is -2.32. The molecule has 24 heavy (non-hydrogen) atoms. The van der Waals surface area contributed by atoms with Crippen LogP contribution in [0.15, 0.2) is 41.5 Å². The number of hydrogen-bond acceptors (Lipinski definition) is 5. The molecule has 0 fully saturated rings. The summed E-state index contributed by atoms with van der Waals surface area (Å²) >= 11 is 1.48. The Morgan fingerprint density at radius 1 is 1.29 bits per heavy atom. The number of hydroxylamine groups is 1. The van der Waals surface area contributed by atoms with Gasteiger partial charge in [-0.25, -0.2) is 10.5 Å². The van der Waals surface area contributed by atoms with E-state index >= 15 is 0 Å². The summed E-state index contributed by atoms with van der Waals surface area (Å²) in [5, 5.41) is 0.581. The summed E-state index contributed by atoms with van der Waals surface area (Å²) in [5.41, 5.74) is 4.01. The van der Waals surface area contributed by atoms with E-state index in [4.69, 9.17) is 4.84 Å². The number of thiophene rings is 1. The van der Waals surface area contributed by atoms with Crippen LogP contribution in [0.1, 0.15) is 16.0 Å². The van der Waals surface area contributed by atoms with Crippen molar-refractivity contribution in [2.24, 2.45) is 0 Å². The minimum Gasteiger partial charge on any atom is -0.289 e. The van der Waals surface area contributed by atoms with Gasteiger partial charge in [0.15, 0.2) is 0 Å². The third kappa shape index (κ3) is 3.37. The first-order chi connectivity index (χ1) is 11.6. The predicted molar refractivity (Wildman–Crippen MR) is 92.7 cm³/mol. The van der Waals surface area contributed by atoms with Crippen LogP contribution in [-0.2, 0) is 22.8 Å². The first-order valence-corrected chi connectivity index (χ1v) is 8.27. The van der Waals surface area contributed by atoms with Gasteiger partial charge in [0.05, 0.1) is 18.3 Å². The number of benzene rings is 1. The Morgan fingerprint density at radius 2 is 2.04 bits per heavy atom. The summed E-state index contributed by atoms with van der Waals surface area (Å²) in [4.78, 5) is 35.7. The molecule has 0 aliphatic heterocycles. The van der Waals surface area contributed by atoms with Crippen LogP contribution in [0.25, 0.3) is 10.2 Å². The molecule has 2 aromatic heterocycles. The molecule has 0 bridgehead atoms. The molecule has 0 saturated heterocycles. The summed E-state index contributed by atoms with van der Waals surface area (Å²) < 4.78 is 1.29. The number of aromatic nitrogens is 2. The van der Waals surface area contributed by atoms with Crippen molar-refractivity contribution in [2.75, 3.05) is 0 Å². The van der Waals surface area contributed by atoms with Crippen molar-refractivity contribution in [3.63, 3.8) is 0 Å². The van der Waals surface area contributed by atoms with Gasteiger partial charge in [0, 0.05) is 4.88 Å². The van der Waals surface area contributed by atoms with E-state index in [9.17, 15) is 9.59 Å². The average molecular weight is 343 g/mol. The molecule has 1 aromatic carbocycles. The van der Waals surface area contributed by atoms with E-state index in [1.165, 1.54) is 22.2 Å².